The van der Waals surface area contributed by atoms with E-state index >= 15 is 0 Å². The maximum atomic E-state index is 12.3. The zero-order chi connectivity index (χ0) is 13.8. The molecule has 0 saturated carbocycles. The first kappa shape index (κ1) is 15.0. The molecule has 0 spiro atoms. The van der Waals surface area contributed by atoms with Crippen LogP contribution in [0.2, 0.25) is 0 Å². The van der Waals surface area contributed by atoms with Gasteiger partial charge in [0.25, 0.3) is 0 Å². The first-order valence-corrected chi connectivity index (χ1v) is 6.83. The number of benzene rings is 1. The monoisotopic (exact) mass is 267 g/mol. The first-order chi connectivity index (χ1) is 8.35. The summed E-state index contributed by atoms with van der Waals surface area (Å²) in [6.07, 6.45) is 0.798. The molecule has 3 heteroatoms. The van der Waals surface area contributed by atoms with Crippen LogP contribution in [0.4, 0.5) is 0 Å². The van der Waals surface area contributed by atoms with E-state index in [-0.39, 0.29) is 11.3 Å². The van der Waals surface area contributed by atoms with Gasteiger partial charge in [0.05, 0.1) is 5.54 Å². The lowest BCUT2D eigenvalue weighted by Crippen LogP contribution is -2.49. The number of alkyl halides is 1. The van der Waals surface area contributed by atoms with E-state index in [2.05, 4.69) is 5.32 Å². The highest BCUT2D eigenvalue weighted by Gasteiger charge is 2.33. The number of nitrogens with one attached hydrogen (secondary N) is 1. The van der Waals surface area contributed by atoms with E-state index < -0.39 is 5.54 Å². The van der Waals surface area contributed by atoms with E-state index in [9.17, 15) is 4.79 Å². The fourth-order valence-corrected chi connectivity index (χ4v) is 1.79. The molecule has 0 radical (unpaired) electrons. The summed E-state index contributed by atoms with van der Waals surface area (Å²) >= 11 is 6.07. The van der Waals surface area contributed by atoms with Crippen LogP contribution in [0.1, 0.15) is 39.7 Å². The molecule has 1 atom stereocenters. The Morgan fingerprint density at radius 2 is 1.78 bits per heavy atom. The average Bonchev–Trinajstić information content (AvgIpc) is 2.39. The number of amides is 1. The quantitative estimate of drug-likeness (QED) is 0.810. The minimum atomic E-state index is -0.521. The molecular formula is C15H22ClNO. The van der Waals surface area contributed by atoms with E-state index in [0.717, 1.165) is 12.0 Å². The van der Waals surface area contributed by atoms with Crippen LogP contribution in [0.15, 0.2) is 30.3 Å². The van der Waals surface area contributed by atoms with Gasteiger partial charge in [0.15, 0.2) is 0 Å². The minimum absolute atomic E-state index is 0.0389. The lowest BCUT2D eigenvalue weighted by molar-refractivity contribution is -0.131. The van der Waals surface area contributed by atoms with Crippen molar-refractivity contribution in [2.75, 3.05) is 5.88 Å². The van der Waals surface area contributed by atoms with Gasteiger partial charge >= 0.3 is 0 Å². The van der Waals surface area contributed by atoms with Crippen molar-refractivity contribution in [2.24, 2.45) is 5.41 Å². The molecule has 1 unspecified atom stereocenters. The summed E-state index contributed by atoms with van der Waals surface area (Å²) < 4.78 is 0. The second kappa shape index (κ2) is 5.75. The number of halogens is 1. The van der Waals surface area contributed by atoms with Crippen molar-refractivity contribution in [2.45, 2.75) is 39.7 Å². The van der Waals surface area contributed by atoms with E-state index in [1.165, 1.54) is 0 Å². The summed E-state index contributed by atoms with van der Waals surface area (Å²) in [5.74, 6) is 0.389. The zero-order valence-corrected chi connectivity index (χ0v) is 12.3. The lowest BCUT2D eigenvalue weighted by Gasteiger charge is -2.33. The molecule has 0 bridgehead atoms. The Labute approximate surface area is 115 Å². The minimum Gasteiger partial charge on any atom is -0.345 e. The second-order valence-corrected chi connectivity index (χ2v) is 5.79. The van der Waals surface area contributed by atoms with Crippen molar-refractivity contribution >= 4 is 17.5 Å². The third-order valence-corrected chi connectivity index (χ3v) is 4.10. The highest BCUT2D eigenvalue weighted by molar-refractivity contribution is 6.18. The number of carbonyl (C=O) groups excluding carboxylic acids is 1. The summed E-state index contributed by atoms with van der Waals surface area (Å²) in [5.41, 5.74) is 0.134. The molecule has 0 fully saturated rings. The summed E-state index contributed by atoms with van der Waals surface area (Å²) in [5, 5.41) is 3.08. The van der Waals surface area contributed by atoms with Gasteiger partial charge in [-0.15, -0.1) is 11.6 Å². The molecule has 1 aromatic rings. The smallest absolute Gasteiger partial charge is 0.226 e. The molecule has 0 aromatic heterocycles. The van der Waals surface area contributed by atoms with Gasteiger partial charge in [0.2, 0.25) is 5.91 Å². The Bertz CT molecular complexity index is 402. The third-order valence-electron chi connectivity index (χ3n) is 3.57. The highest BCUT2D eigenvalue weighted by Crippen LogP contribution is 2.26. The molecule has 1 amide bonds. The van der Waals surface area contributed by atoms with Crippen LogP contribution in [0.5, 0.6) is 0 Å². The maximum Gasteiger partial charge on any atom is 0.226 e. The van der Waals surface area contributed by atoms with Gasteiger partial charge in [-0.25, -0.2) is 0 Å². The van der Waals surface area contributed by atoms with Gasteiger partial charge in [-0.2, -0.15) is 0 Å². The predicted octanol–water partition coefficient (Wildman–Crippen LogP) is 3.69. The number of hydrogen-bond donors (Lipinski definition) is 1. The molecule has 0 aliphatic carbocycles. The van der Waals surface area contributed by atoms with Crippen LogP contribution in [-0.4, -0.2) is 11.8 Å². The van der Waals surface area contributed by atoms with Gasteiger partial charge in [-0.1, -0.05) is 51.1 Å². The largest absolute Gasteiger partial charge is 0.345 e. The number of hydrogen-bond acceptors (Lipinski definition) is 1. The molecule has 2 nitrogen and oxygen atoms in total. The third kappa shape index (κ3) is 3.26. The molecule has 0 saturated heterocycles. The van der Waals surface area contributed by atoms with E-state index in [1.54, 1.807) is 0 Å². The van der Waals surface area contributed by atoms with Gasteiger partial charge in [-0.3, -0.25) is 4.79 Å². The van der Waals surface area contributed by atoms with Gasteiger partial charge in [0, 0.05) is 11.3 Å². The summed E-state index contributed by atoms with van der Waals surface area (Å²) in [4.78, 5) is 12.3. The molecular weight excluding hydrogens is 246 g/mol. The first-order valence-electron chi connectivity index (χ1n) is 6.30. The van der Waals surface area contributed by atoms with Crippen molar-refractivity contribution in [3.8, 4) is 0 Å². The van der Waals surface area contributed by atoms with Gasteiger partial charge in [-0.05, 0) is 18.9 Å². The van der Waals surface area contributed by atoms with Crippen LogP contribution >= 0.6 is 11.6 Å². The van der Waals surface area contributed by atoms with Crippen LogP contribution < -0.4 is 5.32 Å². The lowest BCUT2D eigenvalue weighted by atomic mass is 9.86. The SMILES string of the molecule is CCC(C)(C)C(=O)NC(C)(CCl)c1ccccc1. The topological polar surface area (TPSA) is 29.1 Å². The van der Waals surface area contributed by atoms with E-state index in [4.69, 9.17) is 11.6 Å². The van der Waals surface area contributed by atoms with Crippen LogP contribution in [0, 0.1) is 5.41 Å². The fourth-order valence-electron chi connectivity index (χ4n) is 1.57. The molecule has 0 aliphatic rings. The maximum absolute atomic E-state index is 12.3. The summed E-state index contributed by atoms with van der Waals surface area (Å²) in [6.45, 7) is 7.86. The van der Waals surface area contributed by atoms with Crippen LogP contribution in [-0.2, 0) is 10.3 Å². The second-order valence-electron chi connectivity index (χ2n) is 5.52. The fraction of sp³-hybridized carbons (Fsp3) is 0.533. The van der Waals surface area contributed by atoms with Crippen molar-refractivity contribution < 1.29 is 4.79 Å². The van der Waals surface area contributed by atoms with Crippen LogP contribution in [0.25, 0.3) is 0 Å². The standard InChI is InChI=1S/C15H22ClNO/c1-5-14(2,3)13(18)17-15(4,11-16)12-9-7-6-8-10-12/h6-10H,5,11H2,1-4H3,(H,17,18). The molecule has 1 rings (SSSR count). The van der Waals surface area contributed by atoms with Crippen molar-refractivity contribution in [3.05, 3.63) is 35.9 Å². The number of rotatable bonds is 5. The Morgan fingerprint density at radius 3 is 2.22 bits per heavy atom. The Morgan fingerprint density at radius 1 is 1.22 bits per heavy atom. The normalized spacial score (nSPS) is 14.9. The van der Waals surface area contributed by atoms with E-state index in [0.29, 0.717) is 5.88 Å². The van der Waals surface area contributed by atoms with Crippen molar-refractivity contribution in [1.82, 2.24) is 5.32 Å². The van der Waals surface area contributed by atoms with Gasteiger partial charge in [0.1, 0.15) is 0 Å². The molecule has 1 aromatic carbocycles. The van der Waals surface area contributed by atoms with Crippen molar-refractivity contribution in [3.63, 3.8) is 0 Å². The Kier molecular flexibility index (Phi) is 4.80. The molecule has 100 valence electrons. The van der Waals surface area contributed by atoms with Gasteiger partial charge < -0.3 is 5.32 Å². The highest BCUT2D eigenvalue weighted by atomic mass is 35.5. The Hall–Kier alpha value is -1.02. The average molecular weight is 268 g/mol. The molecule has 18 heavy (non-hydrogen) atoms. The van der Waals surface area contributed by atoms with Crippen LogP contribution in [0.3, 0.4) is 0 Å². The molecule has 0 aliphatic heterocycles. The molecule has 1 N–H and O–H groups in total. The van der Waals surface area contributed by atoms with E-state index in [1.807, 2.05) is 58.0 Å². The summed E-state index contributed by atoms with van der Waals surface area (Å²) in [6, 6.07) is 9.84. The zero-order valence-electron chi connectivity index (χ0n) is 11.6. The molecule has 0 heterocycles. The predicted molar refractivity (Wildman–Crippen MR) is 76.7 cm³/mol. The number of carbonyl (C=O) groups is 1. The summed E-state index contributed by atoms with van der Waals surface area (Å²) in [7, 11) is 0. The van der Waals surface area contributed by atoms with Crippen molar-refractivity contribution in [1.29, 1.82) is 0 Å². The Balaban J connectivity index is 2.95.